The normalized spacial score (nSPS) is 11.7. The van der Waals surface area contributed by atoms with E-state index >= 15 is 0 Å². The Hall–Kier alpha value is -2.68. The molecule has 0 atom stereocenters. The van der Waals surface area contributed by atoms with Crippen molar-refractivity contribution >= 4 is 17.0 Å². The predicted octanol–water partition coefficient (Wildman–Crippen LogP) is 2.38. The van der Waals surface area contributed by atoms with E-state index in [-0.39, 0.29) is 11.5 Å². The van der Waals surface area contributed by atoms with Gasteiger partial charge in [-0.3, -0.25) is 4.57 Å². The predicted molar refractivity (Wildman–Crippen MR) is 111 cm³/mol. The van der Waals surface area contributed by atoms with Gasteiger partial charge in [-0.25, -0.2) is 19.7 Å². The van der Waals surface area contributed by atoms with E-state index in [0.29, 0.717) is 29.4 Å². The molecule has 0 aliphatic carbocycles. The number of aromatic amines is 2. The number of unbranched alkanes of at least 4 members (excludes halogenated alkanes) is 2. The summed E-state index contributed by atoms with van der Waals surface area (Å²) in [6.45, 7) is 8.47. The Morgan fingerprint density at radius 1 is 1.11 bits per heavy atom. The maximum atomic E-state index is 12.4. The molecule has 152 valence electrons. The van der Waals surface area contributed by atoms with E-state index in [0.717, 1.165) is 38.9 Å². The summed E-state index contributed by atoms with van der Waals surface area (Å²) in [4.78, 5) is 33.6. The van der Waals surface area contributed by atoms with Crippen LogP contribution in [-0.4, -0.2) is 54.0 Å². The number of hydrogen-bond acceptors (Lipinski definition) is 6. The number of fused-ring (bicyclic) bond motifs is 1. The number of nitrogen functional groups attached to an aromatic ring is 1. The van der Waals surface area contributed by atoms with Gasteiger partial charge in [0.2, 0.25) is 0 Å². The molecular weight excluding hydrogens is 356 g/mol. The van der Waals surface area contributed by atoms with Crippen LogP contribution in [0.3, 0.4) is 0 Å². The first-order chi connectivity index (χ1) is 13.6. The van der Waals surface area contributed by atoms with Crippen molar-refractivity contribution in [2.75, 3.05) is 25.4 Å². The molecule has 3 aromatic heterocycles. The number of imidazole rings is 2. The maximum absolute atomic E-state index is 12.4. The molecule has 0 unspecified atom stereocenters. The highest BCUT2D eigenvalue weighted by Gasteiger charge is 2.15. The van der Waals surface area contributed by atoms with Gasteiger partial charge in [0.05, 0.1) is 0 Å². The maximum Gasteiger partial charge on any atom is 0.327 e. The monoisotopic (exact) mass is 386 g/mol. The molecule has 0 aliphatic heterocycles. The van der Waals surface area contributed by atoms with E-state index in [1.54, 1.807) is 17.0 Å². The summed E-state index contributed by atoms with van der Waals surface area (Å²) in [5.74, 6) is 1.17. The molecule has 0 amide bonds. The number of nitrogens with two attached hydrogens (primary N) is 1. The Morgan fingerprint density at radius 3 is 2.57 bits per heavy atom. The van der Waals surface area contributed by atoms with E-state index in [2.05, 4.69) is 43.7 Å². The van der Waals surface area contributed by atoms with Gasteiger partial charge in [-0.2, -0.15) is 0 Å². The Balaban J connectivity index is 1.66. The fourth-order valence-corrected chi connectivity index (χ4v) is 3.50. The van der Waals surface area contributed by atoms with Gasteiger partial charge in [-0.05, 0) is 45.3 Å². The second-order valence-corrected chi connectivity index (χ2v) is 7.05. The summed E-state index contributed by atoms with van der Waals surface area (Å²) in [6.07, 6.45) is 8.81. The zero-order valence-corrected chi connectivity index (χ0v) is 16.7. The minimum Gasteiger partial charge on any atom is -0.382 e. The summed E-state index contributed by atoms with van der Waals surface area (Å²) < 4.78 is 1.65. The van der Waals surface area contributed by atoms with Crippen molar-refractivity contribution in [2.24, 2.45) is 0 Å². The van der Waals surface area contributed by atoms with Gasteiger partial charge in [0.1, 0.15) is 5.52 Å². The van der Waals surface area contributed by atoms with Crippen LogP contribution in [0.15, 0.2) is 17.2 Å². The molecule has 9 heteroatoms. The van der Waals surface area contributed by atoms with Crippen LogP contribution in [0.5, 0.6) is 0 Å². The van der Waals surface area contributed by atoms with Gasteiger partial charge < -0.3 is 20.6 Å². The highest BCUT2D eigenvalue weighted by Crippen LogP contribution is 2.19. The van der Waals surface area contributed by atoms with Crippen LogP contribution in [0.2, 0.25) is 0 Å². The molecule has 0 aliphatic rings. The zero-order chi connectivity index (χ0) is 19.9. The van der Waals surface area contributed by atoms with Crippen LogP contribution >= 0.6 is 0 Å². The van der Waals surface area contributed by atoms with Crippen LogP contribution in [0.25, 0.3) is 22.8 Å². The van der Waals surface area contributed by atoms with Crippen molar-refractivity contribution in [3.63, 3.8) is 0 Å². The summed E-state index contributed by atoms with van der Waals surface area (Å²) in [7, 11) is 0. The van der Waals surface area contributed by atoms with E-state index in [1.807, 2.05) is 0 Å². The average molecular weight is 387 g/mol. The van der Waals surface area contributed by atoms with Crippen LogP contribution in [0, 0.1) is 0 Å². The molecular formula is C19H30N8O. The molecule has 0 saturated heterocycles. The minimum atomic E-state index is -0.203. The van der Waals surface area contributed by atoms with Crippen LogP contribution in [-0.2, 0) is 6.54 Å². The van der Waals surface area contributed by atoms with E-state index in [9.17, 15) is 4.79 Å². The number of rotatable bonds is 11. The molecule has 3 rings (SSSR count). The largest absolute Gasteiger partial charge is 0.382 e. The van der Waals surface area contributed by atoms with E-state index < -0.39 is 0 Å². The van der Waals surface area contributed by atoms with Crippen molar-refractivity contribution in [2.45, 2.75) is 52.5 Å². The standard InChI is InChI=1S/C19H30N8O/c1-3-10-26(11-4-2)12-6-5-7-13-27-18-14(23-19(27)28)15(20)24-17(25-18)16-21-8-9-22-16/h8-9H,3-7,10-13H2,1-2H3,(H,21,22)(H,23,28)(H2,20,24,25). The first-order valence-electron chi connectivity index (χ1n) is 10.1. The molecule has 28 heavy (non-hydrogen) atoms. The van der Waals surface area contributed by atoms with Crippen molar-refractivity contribution in [3.8, 4) is 11.6 Å². The van der Waals surface area contributed by atoms with Gasteiger partial charge in [0, 0.05) is 18.9 Å². The molecule has 0 radical (unpaired) electrons. The summed E-state index contributed by atoms with van der Waals surface area (Å²) in [6, 6.07) is 0. The number of hydrogen-bond donors (Lipinski definition) is 3. The molecule has 3 aromatic rings. The molecule has 0 saturated carbocycles. The van der Waals surface area contributed by atoms with E-state index in [1.165, 1.54) is 12.8 Å². The van der Waals surface area contributed by atoms with Crippen LogP contribution < -0.4 is 11.4 Å². The summed E-state index contributed by atoms with van der Waals surface area (Å²) in [5.41, 5.74) is 6.84. The minimum absolute atomic E-state index is 0.203. The quantitative estimate of drug-likeness (QED) is 0.435. The molecule has 0 spiro atoms. The topological polar surface area (TPSA) is 122 Å². The van der Waals surface area contributed by atoms with Crippen molar-refractivity contribution < 1.29 is 0 Å². The highest BCUT2D eigenvalue weighted by molar-refractivity contribution is 5.83. The first-order valence-corrected chi connectivity index (χ1v) is 10.1. The Kier molecular flexibility index (Phi) is 6.80. The third kappa shape index (κ3) is 4.59. The van der Waals surface area contributed by atoms with Crippen LogP contribution in [0.1, 0.15) is 46.0 Å². The molecule has 0 aromatic carbocycles. The number of nitrogens with zero attached hydrogens (tertiary/aromatic N) is 5. The van der Waals surface area contributed by atoms with Crippen LogP contribution in [0.4, 0.5) is 5.82 Å². The second-order valence-electron chi connectivity index (χ2n) is 7.05. The SMILES string of the molecule is CCCN(CCC)CCCCCn1c(=O)[nH]c2c(N)nc(-c3ncc[nH]3)nc21. The van der Waals surface area contributed by atoms with Gasteiger partial charge >= 0.3 is 5.69 Å². The molecule has 0 fully saturated rings. The van der Waals surface area contributed by atoms with Crippen molar-refractivity contribution in [3.05, 3.63) is 22.9 Å². The molecule has 9 nitrogen and oxygen atoms in total. The molecule has 3 heterocycles. The number of anilines is 1. The Bertz CT molecular complexity index is 921. The number of aromatic nitrogens is 6. The lowest BCUT2D eigenvalue weighted by Gasteiger charge is -2.20. The smallest absolute Gasteiger partial charge is 0.327 e. The van der Waals surface area contributed by atoms with Gasteiger partial charge in [-0.1, -0.05) is 20.3 Å². The third-order valence-corrected chi connectivity index (χ3v) is 4.80. The lowest BCUT2D eigenvalue weighted by atomic mass is 10.2. The van der Waals surface area contributed by atoms with Gasteiger partial charge in [0.15, 0.2) is 23.1 Å². The fraction of sp³-hybridized carbons (Fsp3) is 0.579. The zero-order valence-electron chi connectivity index (χ0n) is 16.7. The fourth-order valence-electron chi connectivity index (χ4n) is 3.50. The van der Waals surface area contributed by atoms with Gasteiger partial charge in [-0.15, -0.1) is 0 Å². The Morgan fingerprint density at radius 2 is 1.89 bits per heavy atom. The highest BCUT2D eigenvalue weighted by atomic mass is 16.1. The third-order valence-electron chi connectivity index (χ3n) is 4.80. The molecule has 4 N–H and O–H groups in total. The molecule has 0 bridgehead atoms. The van der Waals surface area contributed by atoms with Crippen molar-refractivity contribution in [1.82, 2.24) is 34.4 Å². The first kappa shape index (κ1) is 20.1. The average Bonchev–Trinajstić information content (AvgIpc) is 3.31. The lowest BCUT2D eigenvalue weighted by Crippen LogP contribution is -2.26. The number of nitrogens with one attached hydrogen (secondary N) is 2. The van der Waals surface area contributed by atoms with E-state index in [4.69, 9.17) is 5.73 Å². The van der Waals surface area contributed by atoms with Gasteiger partial charge in [0.25, 0.3) is 0 Å². The number of aryl methyl sites for hydroxylation is 1. The second kappa shape index (κ2) is 9.50. The summed E-state index contributed by atoms with van der Waals surface area (Å²) >= 11 is 0. The van der Waals surface area contributed by atoms with Crippen molar-refractivity contribution in [1.29, 1.82) is 0 Å². The summed E-state index contributed by atoms with van der Waals surface area (Å²) in [5, 5.41) is 0. The Labute approximate surface area is 164 Å². The lowest BCUT2D eigenvalue weighted by molar-refractivity contribution is 0.267. The number of H-pyrrole nitrogens is 2.